The average Bonchev–Trinajstić information content (AvgIpc) is 2.87. The van der Waals surface area contributed by atoms with Crippen LogP contribution >= 0.6 is 11.6 Å². The lowest BCUT2D eigenvalue weighted by Crippen LogP contribution is -2.19. The quantitative estimate of drug-likeness (QED) is 0.808. The van der Waals surface area contributed by atoms with E-state index in [1.165, 1.54) is 13.1 Å². The summed E-state index contributed by atoms with van der Waals surface area (Å²) in [6, 6.07) is 1.55. The maximum absolute atomic E-state index is 13.3. The van der Waals surface area contributed by atoms with E-state index in [1.54, 1.807) is 13.0 Å². The Hall–Kier alpha value is -2.09. The van der Waals surface area contributed by atoms with Crippen molar-refractivity contribution in [1.82, 2.24) is 14.8 Å². The van der Waals surface area contributed by atoms with Crippen molar-refractivity contribution in [3.05, 3.63) is 40.3 Å². The Labute approximate surface area is 128 Å². The third-order valence-corrected chi connectivity index (χ3v) is 3.26. The second kappa shape index (κ2) is 5.96. The number of halogens is 4. The molecule has 0 bridgehead atoms. The Kier molecular flexibility index (Phi) is 4.41. The summed E-state index contributed by atoms with van der Waals surface area (Å²) in [5.41, 5.74) is -1.42. The van der Waals surface area contributed by atoms with E-state index in [0.717, 1.165) is 6.20 Å². The van der Waals surface area contributed by atoms with Crippen molar-refractivity contribution in [2.24, 2.45) is 0 Å². The first kappa shape index (κ1) is 16.3. The number of nitrogens with zero attached hydrogens (tertiary/aromatic N) is 3. The number of pyridine rings is 1. The van der Waals surface area contributed by atoms with E-state index in [-0.39, 0.29) is 17.4 Å². The van der Waals surface area contributed by atoms with Crippen LogP contribution in [0.25, 0.3) is 5.82 Å². The van der Waals surface area contributed by atoms with E-state index in [0.29, 0.717) is 10.2 Å². The standard InChI is InChI=1S/C13H11ClF3N3O2/c1-3-22-12(21)8-6-19-20(10(8)13(15,16)17)11-9(14)7(2)4-5-18-11/h4-6H,3H2,1-2H3. The molecule has 118 valence electrons. The number of esters is 1. The van der Waals surface area contributed by atoms with Crippen LogP contribution in [0.3, 0.4) is 0 Å². The third kappa shape index (κ3) is 2.92. The van der Waals surface area contributed by atoms with Gasteiger partial charge in [-0.25, -0.2) is 14.5 Å². The Morgan fingerprint density at radius 3 is 2.73 bits per heavy atom. The molecular weight excluding hydrogens is 323 g/mol. The summed E-state index contributed by atoms with van der Waals surface area (Å²) in [6.07, 6.45) is -2.73. The largest absolute Gasteiger partial charge is 0.462 e. The summed E-state index contributed by atoms with van der Waals surface area (Å²) in [4.78, 5) is 15.5. The molecule has 2 aromatic heterocycles. The van der Waals surface area contributed by atoms with Crippen molar-refractivity contribution < 1.29 is 22.7 Å². The van der Waals surface area contributed by atoms with Gasteiger partial charge in [0.25, 0.3) is 0 Å². The van der Waals surface area contributed by atoms with Crippen molar-refractivity contribution in [2.75, 3.05) is 6.61 Å². The predicted molar refractivity (Wildman–Crippen MR) is 72.1 cm³/mol. The van der Waals surface area contributed by atoms with Crippen LogP contribution in [-0.4, -0.2) is 27.3 Å². The second-order valence-electron chi connectivity index (χ2n) is 4.30. The third-order valence-electron chi connectivity index (χ3n) is 2.80. The van der Waals surface area contributed by atoms with E-state index in [1.807, 2.05) is 0 Å². The zero-order valence-electron chi connectivity index (χ0n) is 11.6. The van der Waals surface area contributed by atoms with Crippen LogP contribution in [-0.2, 0) is 10.9 Å². The number of alkyl halides is 3. The summed E-state index contributed by atoms with van der Waals surface area (Å²) in [5.74, 6) is -1.31. The molecule has 0 N–H and O–H groups in total. The molecule has 0 radical (unpaired) electrons. The summed E-state index contributed by atoms with van der Waals surface area (Å²) in [7, 11) is 0. The predicted octanol–water partition coefficient (Wildman–Crippen LogP) is 3.42. The Morgan fingerprint density at radius 1 is 1.45 bits per heavy atom. The Balaban J connectivity index is 2.68. The normalized spacial score (nSPS) is 11.5. The lowest BCUT2D eigenvalue weighted by molar-refractivity contribution is -0.143. The van der Waals surface area contributed by atoms with Crippen molar-refractivity contribution >= 4 is 17.6 Å². The minimum absolute atomic E-state index is 0.0199. The zero-order chi connectivity index (χ0) is 16.5. The van der Waals surface area contributed by atoms with Crippen LogP contribution in [0.4, 0.5) is 13.2 Å². The van der Waals surface area contributed by atoms with E-state index in [2.05, 4.69) is 14.8 Å². The van der Waals surface area contributed by atoms with Crippen LogP contribution in [0.2, 0.25) is 5.02 Å². The minimum atomic E-state index is -4.83. The average molecular weight is 334 g/mol. The fraction of sp³-hybridized carbons (Fsp3) is 0.308. The molecule has 0 saturated carbocycles. The van der Waals surface area contributed by atoms with Gasteiger partial charge >= 0.3 is 12.1 Å². The maximum Gasteiger partial charge on any atom is 0.434 e. The molecule has 0 aliphatic carbocycles. The number of hydrogen-bond acceptors (Lipinski definition) is 4. The molecule has 0 unspecified atom stereocenters. The molecule has 0 aromatic carbocycles. The number of carbonyl (C=O) groups is 1. The molecule has 0 saturated heterocycles. The molecule has 2 rings (SSSR count). The summed E-state index contributed by atoms with van der Waals surface area (Å²) >= 11 is 5.99. The highest BCUT2D eigenvalue weighted by molar-refractivity contribution is 6.32. The highest BCUT2D eigenvalue weighted by atomic mass is 35.5. The SMILES string of the molecule is CCOC(=O)c1cnn(-c2nccc(C)c2Cl)c1C(F)(F)F. The van der Waals surface area contributed by atoms with Gasteiger partial charge in [0.15, 0.2) is 11.5 Å². The highest BCUT2D eigenvalue weighted by Crippen LogP contribution is 2.35. The first-order valence-corrected chi connectivity index (χ1v) is 6.59. The van der Waals surface area contributed by atoms with Gasteiger partial charge in [-0.2, -0.15) is 18.3 Å². The molecule has 5 nitrogen and oxygen atoms in total. The molecule has 0 atom stereocenters. The van der Waals surface area contributed by atoms with Gasteiger partial charge in [0.05, 0.1) is 17.8 Å². The molecule has 0 spiro atoms. The lowest BCUT2D eigenvalue weighted by atomic mass is 10.2. The number of aromatic nitrogens is 3. The minimum Gasteiger partial charge on any atom is -0.462 e. The van der Waals surface area contributed by atoms with Gasteiger partial charge < -0.3 is 4.74 Å². The molecule has 0 aliphatic rings. The topological polar surface area (TPSA) is 57.0 Å². The fourth-order valence-corrected chi connectivity index (χ4v) is 2.01. The molecule has 2 aromatic rings. The van der Waals surface area contributed by atoms with Gasteiger partial charge in [0.1, 0.15) is 5.56 Å². The fourth-order valence-electron chi connectivity index (χ4n) is 1.81. The van der Waals surface area contributed by atoms with E-state index < -0.39 is 23.4 Å². The Morgan fingerprint density at radius 2 is 2.14 bits per heavy atom. The summed E-state index contributed by atoms with van der Waals surface area (Å²) < 4.78 is 45.1. The van der Waals surface area contributed by atoms with E-state index in [9.17, 15) is 18.0 Å². The van der Waals surface area contributed by atoms with Crippen LogP contribution in [0, 0.1) is 6.92 Å². The number of rotatable bonds is 3. The van der Waals surface area contributed by atoms with Gasteiger partial charge in [-0.3, -0.25) is 0 Å². The van der Waals surface area contributed by atoms with Gasteiger partial charge in [-0.05, 0) is 25.5 Å². The van der Waals surface area contributed by atoms with Crippen molar-refractivity contribution in [1.29, 1.82) is 0 Å². The maximum atomic E-state index is 13.3. The number of carbonyl (C=O) groups excluding carboxylic acids is 1. The summed E-state index contributed by atoms with van der Waals surface area (Å²) in [6.45, 7) is 3.07. The van der Waals surface area contributed by atoms with Crippen molar-refractivity contribution in [2.45, 2.75) is 20.0 Å². The monoisotopic (exact) mass is 333 g/mol. The van der Waals surface area contributed by atoms with Gasteiger partial charge in [0, 0.05) is 6.20 Å². The van der Waals surface area contributed by atoms with Gasteiger partial charge in [-0.1, -0.05) is 11.6 Å². The highest BCUT2D eigenvalue weighted by Gasteiger charge is 2.41. The van der Waals surface area contributed by atoms with Gasteiger partial charge in [0.2, 0.25) is 0 Å². The molecule has 0 aliphatic heterocycles. The molecular formula is C13H11ClF3N3O2. The molecule has 0 amide bonds. The first-order valence-electron chi connectivity index (χ1n) is 6.21. The van der Waals surface area contributed by atoms with Crippen LogP contribution < -0.4 is 0 Å². The van der Waals surface area contributed by atoms with Gasteiger partial charge in [-0.15, -0.1) is 0 Å². The van der Waals surface area contributed by atoms with Crippen LogP contribution in [0.5, 0.6) is 0 Å². The number of aryl methyl sites for hydroxylation is 1. The lowest BCUT2D eigenvalue weighted by Gasteiger charge is -2.13. The second-order valence-corrected chi connectivity index (χ2v) is 4.68. The van der Waals surface area contributed by atoms with Crippen LogP contribution in [0.1, 0.15) is 28.5 Å². The number of ether oxygens (including phenoxy) is 1. The van der Waals surface area contributed by atoms with Crippen LogP contribution in [0.15, 0.2) is 18.5 Å². The van der Waals surface area contributed by atoms with Crippen molar-refractivity contribution in [3.63, 3.8) is 0 Å². The summed E-state index contributed by atoms with van der Waals surface area (Å²) in [5, 5.41) is 3.63. The molecule has 22 heavy (non-hydrogen) atoms. The zero-order valence-corrected chi connectivity index (χ0v) is 12.4. The smallest absolute Gasteiger partial charge is 0.434 e. The molecule has 0 fully saturated rings. The molecule has 9 heteroatoms. The Bertz CT molecular complexity index is 713. The van der Waals surface area contributed by atoms with Crippen molar-refractivity contribution in [3.8, 4) is 5.82 Å². The first-order chi connectivity index (χ1) is 10.3. The molecule has 2 heterocycles. The van der Waals surface area contributed by atoms with E-state index >= 15 is 0 Å². The van der Waals surface area contributed by atoms with E-state index in [4.69, 9.17) is 11.6 Å². The number of hydrogen-bond donors (Lipinski definition) is 0.